The third-order valence-corrected chi connectivity index (χ3v) is 11.7. The minimum Gasteiger partial charge on any atom is -0.497 e. The number of carbonyl (C=O) groups is 3. The van der Waals surface area contributed by atoms with Crippen molar-refractivity contribution in [2.45, 2.75) is 44.1 Å². The molecule has 1 saturated carbocycles. The molecule has 3 heterocycles. The van der Waals surface area contributed by atoms with Crippen LogP contribution in [0.5, 0.6) is 23.0 Å². The third-order valence-electron chi connectivity index (χ3n) is 11.0. The Balaban J connectivity index is 1.10. The zero-order valence-corrected chi connectivity index (χ0v) is 32.9. The molecule has 14 heteroatoms. The molecule has 13 nitrogen and oxygen atoms in total. The Morgan fingerprint density at radius 1 is 0.926 bits per heavy atom. The van der Waals surface area contributed by atoms with Gasteiger partial charge in [0.25, 0.3) is 0 Å². The lowest BCUT2D eigenvalue weighted by molar-refractivity contribution is -0.176. The monoisotopic (exact) mass is 854 g/mol. The Bertz CT molecular complexity index is 2020. The van der Waals surface area contributed by atoms with Gasteiger partial charge in [-0.3, -0.25) is 9.69 Å². The fraction of sp³-hybridized carbons (Fsp3) is 0.425. The molecule has 286 valence electrons. The van der Waals surface area contributed by atoms with E-state index in [1.54, 1.807) is 7.11 Å². The number of halogens is 1. The molecule has 0 unspecified atom stereocenters. The highest BCUT2D eigenvalue weighted by atomic mass is 127. The number of esters is 2. The molecule has 2 fully saturated rings. The van der Waals surface area contributed by atoms with E-state index < -0.39 is 36.2 Å². The van der Waals surface area contributed by atoms with Gasteiger partial charge >= 0.3 is 18.1 Å². The Morgan fingerprint density at radius 2 is 1.70 bits per heavy atom. The van der Waals surface area contributed by atoms with E-state index in [9.17, 15) is 14.4 Å². The second-order valence-electron chi connectivity index (χ2n) is 13.8. The number of piperidine rings is 1. The highest BCUT2D eigenvalue weighted by molar-refractivity contribution is 14.1. The van der Waals surface area contributed by atoms with E-state index in [-0.39, 0.29) is 47.3 Å². The van der Waals surface area contributed by atoms with Gasteiger partial charge in [0.15, 0.2) is 11.5 Å². The van der Waals surface area contributed by atoms with Gasteiger partial charge in [0.1, 0.15) is 24.6 Å². The summed E-state index contributed by atoms with van der Waals surface area (Å²) < 4.78 is 45.8. The van der Waals surface area contributed by atoms with Crippen LogP contribution in [0.4, 0.5) is 4.79 Å². The van der Waals surface area contributed by atoms with Crippen LogP contribution in [0.3, 0.4) is 0 Å². The molecule has 1 aromatic heterocycles. The predicted molar refractivity (Wildman–Crippen MR) is 204 cm³/mol. The number of nitrogens with zero attached hydrogens (tertiary/aromatic N) is 1. The lowest BCUT2D eigenvalue weighted by Crippen LogP contribution is -2.58. The van der Waals surface area contributed by atoms with E-state index in [2.05, 4.69) is 38.5 Å². The number of benzene rings is 3. The maximum absolute atomic E-state index is 13.9. The summed E-state index contributed by atoms with van der Waals surface area (Å²) in [4.78, 5) is 46.3. The number of H-pyrrole nitrogens is 1. The van der Waals surface area contributed by atoms with E-state index in [4.69, 9.17) is 37.9 Å². The van der Waals surface area contributed by atoms with E-state index in [1.807, 2.05) is 36.4 Å². The van der Waals surface area contributed by atoms with Gasteiger partial charge in [0.05, 0.1) is 46.0 Å². The van der Waals surface area contributed by atoms with Crippen LogP contribution in [0.15, 0.2) is 54.6 Å². The van der Waals surface area contributed by atoms with Crippen LogP contribution in [-0.4, -0.2) is 88.8 Å². The summed E-state index contributed by atoms with van der Waals surface area (Å²) in [6.45, 7) is 1.59. The number of ether oxygens (including phenoxy) is 8. The van der Waals surface area contributed by atoms with Crippen molar-refractivity contribution in [3.8, 4) is 23.0 Å². The highest BCUT2D eigenvalue weighted by Crippen LogP contribution is 2.51. The molecule has 0 amide bonds. The fourth-order valence-corrected chi connectivity index (χ4v) is 9.15. The van der Waals surface area contributed by atoms with Crippen LogP contribution in [0, 0.1) is 21.3 Å². The topological polar surface area (TPSA) is 144 Å². The Labute approximate surface area is 326 Å². The number of hydrogen-bond acceptors (Lipinski definition) is 12. The lowest BCUT2D eigenvalue weighted by atomic mass is 9.63. The third kappa shape index (κ3) is 7.30. The first kappa shape index (κ1) is 37.8. The molecule has 3 aromatic carbocycles. The molecule has 2 aliphatic heterocycles. The number of carbonyl (C=O) groups excluding carboxylic acids is 3. The minimum absolute atomic E-state index is 0.000692. The van der Waals surface area contributed by atoms with Gasteiger partial charge in [-0.05, 0) is 101 Å². The van der Waals surface area contributed by atoms with Gasteiger partial charge in [0.2, 0.25) is 5.75 Å². The fourth-order valence-electron chi connectivity index (χ4n) is 8.54. The summed E-state index contributed by atoms with van der Waals surface area (Å²) in [5.41, 5.74) is 4.39. The molecule has 0 bridgehead atoms. The average Bonchev–Trinajstić information content (AvgIpc) is 3.56. The number of methoxy groups -OCH3 is 5. The average molecular weight is 855 g/mol. The molecule has 1 N–H and O–H groups in total. The Morgan fingerprint density at radius 3 is 2.39 bits per heavy atom. The summed E-state index contributed by atoms with van der Waals surface area (Å²) in [5.74, 6) is -0.938. The number of hydrogen-bond donors (Lipinski definition) is 1. The quantitative estimate of drug-likeness (QED) is 0.0807. The number of rotatable bonds is 10. The molecule has 6 atom stereocenters. The lowest BCUT2D eigenvalue weighted by Gasteiger charge is -2.52. The van der Waals surface area contributed by atoms with Gasteiger partial charge in [-0.15, -0.1) is 0 Å². The van der Waals surface area contributed by atoms with Crippen molar-refractivity contribution in [3.63, 3.8) is 0 Å². The molecular formula is C40H43IN2O11. The highest BCUT2D eigenvalue weighted by Gasteiger charge is 2.54. The molecular weight excluding hydrogens is 811 g/mol. The van der Waals surface area contributed by atoms with E-state index in [1.165, 1.54) is 57.2 Å². The standard InChI is InChI=1S/C40H43IN2O11/c1-47-25-9-10-26-27-11-12-43-19-23-16-33(37(50-4)34(39(45)51-5)28(23)18-30(43)35(27)42-29(26)17-25)53-38(44)22-14-31(48-2)36(32(15-22)49-3)54-40(46)52-20-21-7-6-8-24(41)13-21/h6-10,13-15,17,23,28,30,33-34,37,42H,11-12,16,18-20H2,1-5H3/t23-,28+,30-,33-,34+,37+/m1/s1. The maximum Gasteiger partial charge on any atom is 0.514 e. The van der Waals surface area contributed by atoms with Crippen LogP contribution in [0.25, 0.3) is 10.9 Å². The van der Waals surface area contributed by atoms with Crippen LogP contribution in [-0.2, 0) is 36.8 Å². The van der Waals surface area contributed by atoms with Gasteiger partial charge in [0, 0.05) is 46.4 Å². The summed E-state index contributed by atoms with van der Waals surface area (Å²) >= 11 is 2.18. The second kappa shape index (κ2) is 16.1. The van der Waals surface area contributed by atoms with Crippen molar-refractivity contribution in [1.29, 1.82) is 0 Å². The first-order valence-electron chi connectivity index (χ1n) is 17.7. The molecule has 1 saturated heterocycles. The van der Waals surface area contributed by atoms with Crippen molar-refractivity contribution in [2.75, 3.05) is 48.6 Å². The maximum atomic E-state index is 13.9. The van der Waals surface area contributed by atoms with Crippen LogP contribution in [0.2, 0.25) is 0 Å². The first-order chi connectivity index (χ1) is 26.2. The number of fused-ring (bicyclic) bond motifs is 6. The summed E-state index contributed by atoms with van der Waals surface area (Å²) in [6, 6.07) is 16.5. The summed E-state index contributed by atoms with van der Waals surface area (Å²) in [6.07, 6.45) is -0.385. The predicted octanol–water partition coefficient (Wildman–Crippen LogP) is 6.48. The van der Waals surface area contributed by atoms with E-state index in [0.717, 1.165) is 39.9 Å². The van der Waals surface area contributed by atoms with Crippen molar-refractivity contribution in [1.82, 2.24) is 9.88 Å². The molecule has 1 aliphatic carbocycles. The zero-order valence-electron chi connectivity index (χ0n) is 30.7. The van der Waals surface area contributed by atoms with E-state index >= 15 is 0 Å². The van der Waals surface area contributed by atoms with Crippen molar-refractivity contribution >= 4 is 51.6 Å². The second-order valence-corrected chi connectivity index (χ2v) is 15.0. The van der Waals surface area contributed by atoms with Gasteiger partial charge < -0.3 is 42.9 Å². The molecule has 3 aliphatic rings. The number of aromatic nitrogens is 1. The molecule has 54 heavy (non-hydrogen) atoms. The van der Waals surface area contributed by atoms with Crippen molar-refractivity contribution in [3.05, 3.63) is 80.6 Å². The SMILES string of the molecule is COC(=O)[C@H]1[C@H]2C[C@@H]3c4[nH]c5cc(OC)ccc5c4CCN3C[C@H]2C[C@@H](OC(=O)c2cc(OC)c(OC(=O)OCc3cccc(I)c3)c(OC)c2)[C@@H]1OC. The summed E-state index contributed by atoms with van der Waals surface area (Å²) in [5, 5.41) is 1.19. The number of nitrogens with one attached hydrogen (secondary N) is 1. The van der Waals surface area contributed by atoms with Gasteiger partial charge in [-0.25, -0.2) is 9.59 Å². The minimum atomic E-state index is -0.973. The molecule has 4 aromatic rings. The summed E-state index contributed by atoms with van der Waals surface area (Å²) in [7, 11) is 7.32. The molecule has 0 spiro atoms. The molecule has 0 radical (unpaired) electrons. The van der Waals surface area contributed by atoms with Crippen LogP contribution in [0.1, 0.15) is 46.1 Å². The van der Waals surface area contributed by atoms with Crippen molar-refractivity contribution in [2.24, 2.45) is 17.8 Å². The van der Waals surface area contributed by atoms with Crippen LogP contribution >= 0.6 is 22.6 Å². The van der Waals surface area contributed by atoms with Gasteiger partial charge in [-0.2, -0.15) is 0 Å². The number of aromatic amines is 1. The molecule has 7 rings (SSSR count). The zero-order chi connectivity index (χ0) is 38.1. The smallest absolute Gasteiger partial charge is 0.497 e. The Hall–Kier alpha value is -4.54. The van der Waals surface area contributed by atoms with Gasteiger partial charge in [-0.1, -0.05) is 12.1 Å². The van der Waals surface area contributed by atoms with Crippen LogP contribution < -0.4 is 18.9 Å². The van der Waals surface area contributed by atoms with E-state index in [0.29, 0.717) is 12.8 Å². The Kier molecular flexibility index (Phi) is 11.2. The normalized spacial score (nSPS) is 23.3. The largest absolute Gasteiger partial charge is 0.514 e. The van der Waals surface area contributed by atoms with Crippen molar-refractivity contribution < 1.29 is 52.3 Å². The first-order valence-corrected chi connectivity index (χ1v) is 18.8.